The van der Waals surface area contributed by atoms with Crippen LogP contribution in [0.3, 0.4) is 0 Å². The van der Waals surface area contributed by atoms with Crippen LogP contribution in [-0.2, 0) is 25.6 Å². The molecule has 0 aromatic rings. The van der Waals surface area contributed by atoms with Gasteiger partial charge in [-0.25, -0.2) is 13.9 Å². The van der Waals surface area contributed by atoms with Gasteiger partial charge < -0.3 is 9.29 Å². The first-order valence-corrected chi connectivity index (χ1v) is 4.89. The van der Waals surface area contributed by atoms with Gasteiger partial charge >= 0.3 is 24.3 Å². The second-order valence-electron chi connectivity index (χ2n) is 2.70. The van der Waals surface area contributed by atoms with Gasteiger partial charge in [-0.3, -0.25) is 4.21 Å². The third-order valence-electron chi connectivity index (χ3n) is 0.946. The molecule has 6 nitrogen and oxygen atoms in total. The lowest BCUT2D eigenvalue weighted by molar-refractivity contribution is -0.221. The van der Waals surface area contributed by atoms with E-state index >= 15 is 0 Å². The molecule has 0 spiro atoms. The van der Waals surface area contributed by atoms with E-state index < -0.39 is 35.6 Å². The van der Waals surface area contributed by atoms with Crippen molar-refractivity contribution in [2.24, 2.45) is 0 Å². The molecule has 0 bridgehead atoms. The molecule has 0 rings (SSSR count). The Labute approximate surface area is 104 Å². The summed E-state index contributed by atoms with van der Waals surface area (Å²) in [5.41, 5.74) is 0. The quantitative estimate of drug-likeness (QED) is 0.304. The summed E-state index contributed by atoms with van der Waals surface area (Å²) >= 11 is -2.03. The molecule has 0 heterocycles. The second kappa shape index (κ2) is 7.40. The van der Waals surface area contributed by atoms with Gasteiger partial charge in [0, 0.05) is 11.3 Å². The Morgan fingerprint density at radius 2 is 1.21 bits per heavy atom. The van der Waals surface area contributed by atoms with E-state index in [1.165, 1.54) is 14.1 Å². The number of carbonyl (C=O) groups excluding carboxylic acids is 2. The minimum absolute atomic E-state index is 1.08. The fourth-order valence-corrected chi connectivity index (χ4v) is 0.200. The van der Waals surface area contributed by atoms with Crippen molar-refractivity contribution < 1.29 is 49.4 Å². The molecule has 1 atom stereocenters. The van der Waals surface area contributed by atoms with Crippen LogP contribution in [0.1, 0.15) is 0 Å². The minimum Gasteiger partial charge on any atom is -0.760 e. The molecule has 0 fully saturated rings. The first-order chi connectivity index (χ1) is 8.19. The van der Waals surface area contributed by atoms with Gasteiger partial charge in [-0.1, -0.05) is 0 Å². The Hall–Kier alpha value is -1.21. The highest BCUT2D eigenvalue weighted by atomic mass is 32.2. The molecule has 0 aliphatic heterocycles. The highest BCUT2D eigenvalue weighted by Gasteiger charge is 2.49. The maximum atomic E-state index is 11.2. The van der Waals surface area contributed by atoms with Crippen LogP contribution in [-0.4, -0.2) is 51.5 Å². The van der Waals surface area contributed by atoms with Gasteiger partial charge in [0.25, 0.3) is 0 Å². The van der Waals surface area contributed by atoms with E-state index in [-0.39, 0.29) is 0 Å². The van der Waals surface area contributed by atoms with Crippen molar-refractivity contribution in [3.05, 3.63) is 0 Å². The van der Waals surface area contributed by atoms with E-state index in [4.69, 9.17) is 0 Å². The number of rotatable bonds is 1. The maximum Gasteiger partial charge on any atom is 0.491 e. The lowest BCUT2D eigenvalue weighted by Gasteiger charge is -2.10. The standard InChI is InChI=1S/C4F6O3.C2H7NO2S/c5-3(6,7)1(11)13-2(12)4(8,9)10;1-3(2)6(4)5/h;1-2H3,(H,4,5)/p-1. The number of carbonyl (C=O) groups is 2. The van der Waals surface area contributed by atoms with Crippen LogP contribution in [0.15, 0.2) is 0 Å². The smallest absolute Gasteiger partial charge is 0.491 e. The normalized spacial score (nSPS) is 13.4. The first-order valence-electron chi connectivity index (χ1n) is 3.86. The van der Waals surface area contributed by atoms with Crippen molar-refractivity contribution in [1.29, 1.82) is 0 Å². The Morgan fingerprint density at radius 1 is 1.00 bits per heavy atom. The fourth-order valence-electron chi connectivity index (χ4n) is 0.200. The van der Waals surface area contributed by atoms with Crippen LogP contribution in [0.5, 0.6) is 0 Å². The number of hydrogen-bond donors (Lipinski definition) is 0. The molecule has 0 saturated heterocycles. The van der Waals surface area contributed by atoms with Crippen LogP contribution in [0.2, 0.25) is 0 Å². The molecule has 0 aliphatic carbocycles. The second-order valence-corrected chi connectivity index (χ2v) is 3.87. The summed E-state index contributed by atoms with van der Waals surface area (Å²) in [4.78, 5) is 19.3. The monoisotopic (exact) mass is 318 g/mol. The molecule has 0 saturated carbocycles. The topological polar surface area (TPSA) is 86.7 Å². The van der Waals surface area contributed by atoms with E-state index in [1.807, 2.05) is 0 Å². The summed E-state index contributed by atoms with van der Waals surface area (Å²) in [6.07, 6.45) is -11.2. The predicted molar refractivity (Wildman–Crippen MR) is 45.8 cm³/mol. The summed E-state index contributed by atoms with van der Waals surface area (Å²) in [5, 5.41) is 0. The molecule has 0 aliphatic rings. The molecule has 0 radical (unpaired) electrons. The van der Waals surface area contributed by atoms with Gasteiger partial charge in [-0.05, 0) is 14.1 Å². The number of halogens is 6. The number of nitrogens with zero attached hydrogens (tertiary/aromatic N) is 1. The number of alkyl halides is 6. The van der Waals surface area contributed by atoms with Gasteiger partial charge in [0.1, 0.15) is 0 Å². The molecule has 0 N–H and O–H groups in total. The van der Waals surface area contributed by atoms with Gasteiger partial charge in [-0.15, -0.1) is 0 Å². The summed E-state index contributed by atoms with van der Waals surface area (Å²) in [6, 6.07) is 0. The predicted octanol–water partition coefficient (Wildman–Crippen LogP) is 0.523. The van der Waals surface area contributed by atoms with Crippen molar-refractivity contribution in [2.45, 2.75) is 12.4 Å². The Kier molecular flexibility index (Phi) is 7.83. The van der Waals surface area contributed by atoms with E-state index in [2.05, 4.69) is 4.74 Å². The van der Waals surface area contributed by atoms with Crippen LogP contribution < -0.4 is 0 Å². The molecule has 13 heteroatoms. The van der Waals surface area contributed by atoms with E-state index in [0.717, 1.165) is 4.31 Å². The number of esters is 2. The molecule has 114 valence electrons. The van der Waals surface area contributed by atoms with Gasteiger partial charge in [0.05, 0.1) is 0 Å². The lowest BCUT2D eigenvalue weighted by Crippen LogP contribution is -2.34. The Morgan fingerprint density at radius 3 is 1.32 bits per heavy atom. The third-order valence-corrected chi connectivity index (χ3v) is 1.54. The van der Waals surface area contributed by atoms with E-state index in [1.54, 1.807) is 0 Å². The fraction of sp³-hybridized carbons (Fsp3) is 0.667. The average Bonchev–Trinajstić information content (AvgIpc) is 2.15. The zero-order valence-electron chi connectivity index (χ0n) is 9.16. The summed E-state index contributed by atoms with van der Waals surface area (Å²) < 4.78 is 90.0. The van der Waals surface area contributed by atoms with Crippen LogP contribution in [0.4, 0.5) is 26.3 Å². The van der Waals surface area contributed by atoms with Gasteiger partial charge in [0.15, 0.2) is 0 Å². The van der Waals surface area contributed by atoms with E-state index in [0.29, 0.717) is 0 Å². The minimum atomic E-state index is -5.62. The highest BCUT2D eigenvalue weighted by molar-refractivity contribution is 7.76. The zero-order chi connectivity index (χ0) is 16.0. The molecule has 0 aromatic carbocycles. The van der Waals surface area contributed by atoms with Crippen LogP contribution in [0.25, 0.3) is 0 Å². The zero-order valence-corrected chi connectivity index (χ0v) is 9.98. The lowest BCUT2D eigenvalue weighted by atomic mass is 10.6. The number of ether oxygens (including phenoxy) is 1. The Bertz CT molecular complexity index is 327. The van der Waals surface area contributed by atoms with Gasteiger partial charge in [-0.2, -0.15) is 26.3 Å². The largest absolute Gasteiger partial charge is 0.760 e. The molecular weight excluding hydrogens is 312 g/mol. The van der Waals surface area contributed by atoms with E-state index in [9.17, 15) is 44.7 Å². The first kappa shape index (κ1) is 20.1. The summed E-state index contributed by atoms with van der Waals surface area (Å²) in [6.45, 7) is 0. The van der Waals surface area contributed by atoms with Crippen molar-refractivity contribution >= 4 is 23.2 Å². The molecule has 0 aromatic heterocycles. The SMILES string of the molecule is CN(C)S(=O)[O-].O=C(OC(=O)C(F)(F)F)C(F)(F)F. The molecular formula is C6H6F6NO5S-. The average molecular weight is 318 g/mol. The van der Waals surface area contributed by atoms with Crippen molar-refractivity contribution in [2.75, 3.05) is 14.1 Å². The third kappa shape index (κ3) is 10.4. The summed E-state index contributed by atoms with van der Waals surface area (Å²) in [7, 11) is 2.92. The van der Waals surface area contributed by atoms with Crippen molar-refractivity contribution in [1.82, 2.24) is 4.31 Å². The Balaban J connectivity index is 0. The molecule has 1 unspecified atom stereocenters. The van der Waals surface area contributed by atoms with Crippen molar-refractivity contribution in [3.8, 4) is 0 Å². The van der Waals surface area contributed by atoms with Crippen molar-refractivity contribution in [3.63, 3.8) is 0 Å². The highest BCUT2D eigenvalue weighted by Crippen LogP contribution is 2.21. The maximum absolute atomic E-state index is 11.2. The summed E-state index contributed by atoms with van der Waals surface area (Å²) in [5.74, 6) is -6.40. The van der Waals surface area contributed by atoms with Gasteiger partial charge in [0.2, 0.25) is 0 Å². The molecule has 0 amide bonds. The van der Waals surface area contributed by atoms with Crippen LogP contribution in [0, 0.1) is 0 Å². The van der Waals surface area contributed by atoms with Crippen LogP contribution >= 0.6 is 0 Å². The molecule has 19 heavy (non-hydrogen) atoms. The number of hydrogen-bond acceptors (Lipinski definition) is 5.